The summed E-state index contributed by atoms with van der Waals surface area (Å²) in [6, 6.07) is 7.11. The third-order valence-corrected chi connectivity index (χ3v) is 6.13. The summed E-state index contributed by atoms with van der Waals surface area (Å²) in [4.78, 5) is 26.4. The van der Waals surface area contributed by atoms with E-state index in [-0.39, 0.29) is 17.6 Å². The maximum absolute atomic E-state index is 12.2. The lowest BCUT2D eigenvalue weighted by Gasteiger charge is -2.42. The fourth-order valence-electron chi connectivity index (χ4n) is 3.48. The molecule has 7 nitrogen and oxygen atoms in total. The molecule has 2 aliphatic rings. The minimum atomic E-state index is -0.874. The third kappa shape index (κ3) is 5.46. The highest BCUT2D eigenvalue weighted by Crippen LogP contribution is 2.32. The van der Waals surface area contributed by atoms with Gasteiger partial charge in [0.25, 0.3) is 0 Å². The first-order valence-corrected chi connectivity index (χ1v) is 10.9. The summed E-state index contributed by atoms with van der Waals surface area (Å²) in [5.74, 6) is 1.92. The highest BCUT2D eigenvalue weighted by Gasteiger charge is 2.49. The zero-order valence-electron chi connectivity index (χ0n) is 16.5. The molecule has 0 aliphatic carbocycles. The van der Waals surface area contributed by atoms with E-state index in [2.05, 4.69) is 5.32 Å². The van der Waals surface area contributed by atoms with Crippen LogP contribution >= 0.6 is 23.4 Å². The fraction of sp³-hybridized carbons (Fsp3) is 0.579. The van der Waals surface area contributed by atoms with Crippen LogP contribution in [0.25, 0.3) is 0 Å². The van der Waals surface area contributed by atoms with Crippen LogP contribution in [0.4, 0.5) is 4.79 Å². The number of rotatable bonds is 4. The molecule has 0 radical (unpaired) electrons. The van der Waals surface area contributed by atoms with Gasteiger partial charge in [-0.05, 0) is 42.7 Å². The van der Waals surface area contributed by atoms with Crippen molar-refractivity contribution in [1.29, 1.82) is 0 Å². The number of nitrogens with one attached hydrogen (secondary N) is 1. The smallest absolute Gasteiger partial charge is 0.407 e. The first-order chi connectivity index (χ1) is 13.3. The minimum absolute atomic E-state index is 0.117. The van der Waals surface area contributed by atoms with E-state index in [0.29, 0.717) is 25.9 Å². The van der Waals surface area contributed by atoms with Gasteiger partial charge < -0.3 is 19.6 Å². The molecule has 1 aromatic rings. The average Bonchev–Trinajstić information content (AvgIpc) is 2.92. The summed E-state index contributed by atoms with van der Waals surface area (Å²) >= 11 is 7.35. The number of likely N-dealkylation sites (tertiary alicyclic amines) is 1. The van der Waals surface area contributed by atoms with Gasteiger partial charge in [0.15, 0.2) is 0 Å². The Morgan fingerprint density at radius 1 is 1.36 bits per heavy atom. The van der Waals surface area contributed by atoms with Gasteiger partial charge in [0.1, 0.15) is 5.75 Å². The molecule has 2 fully saturated rings. The van der Waals surface area contributed by atoms with Crippen molar-refractivity contribution in [2.24, 2.45) is 0 Å². The number of methoxy groups -OCH3 is 1. The van der Waals surface area contributed by atoms with E-state index >= 15 is 0 Å². The SMILES string of the molecule is COc1ccc(Cl)cc1.CSCCC1NC2(CCN(C(=O)O)CC2)N(C)C1=O. The Balaban J connectivity index is 0.000000261. The molecule has 0 bridgehead atoms. The van der Waals surface area contributed by atoms with Crippen LogP contribution in [-0.4, -0.2) is 77.9 Å². The van der Waals surface area contributed by atoms with Crippen LogP contribution in [0.1, 0.15) is 19.3 Å². The van der Waals surface area contributed by atoms with E-state index in [1.54, 1.807) is 35.9 Å². The summed E-state index contributed by atoms with van der Waals surface area (Å²) in [5, 5.41) is 13.2. The van der Waals surface area contributed by atoms with Gasteiger partial charge in [-0.15, -0.1) is 0 Å². The predicted molar refractivity (Wildman–Crippen MR) is 112 cm³/mol. The lowest BCUT2D eigenvalue weighted by molar-refractivity contribution is -0.131. The number of hydrogen-bond donors (Lipinski definition) is 2. The lowest BCUT2D eigenvalue weighted by atomic mass is 9.96. The van der Waals surface area contributed by atoms with Gasteiger partial charge in [-0.1, -0.05) is 11.6 Å². The zero-order valence-corrected chi connectivity index (χ0v) is 18.1. The van der Waals surface area contributed by atoms with E-state index in [9.17, 15) is 9.59 Å². The van der Waals surface area contributed by atoms with Crippen molar-refractivity contribution in [2.45, 2.75) is 31.0 Å². The second-order valence-corrected chi connectivity index (χ2v) is 8.26. The Hall–Kier alpha value is -1.64. The van der Waals surface area contributed by atoms with Crippen molar-refractivity contribution in [2.75, 3.05) is 39.3 Å². The van der Waals surface area contributed by atoms with Crippen molar-refractivity contribution in [3.63, 3.8) is 0 Å². The molecule has 1 atom stereocenters. The summed E-state index contributed by atoms with van der Waals surface area (Å²) in [6.45, 7) is 0.963. The maximum Gasteiger partial charge on any atom is 0.407 e. The Labute approximate surface area is 175 Å². The van der Waals surface area contributed by atoms with Crippen LogP contribution in [0.3, 0.4) is 0 Å². The molecule has 1 aromatic carbocycles. The van der Waals surface area contributed by atoms with Crippen molar-refractivity contribution in [1.82, 2.24) is 15.1 Å². The molecule has 3 rings (SSSR count). The number of carbonyl (C=O) groups is 2. The molecule has 28 heavy (non-hydrogen) atoms. The number of benzene rings is 1. The largest absolute Gasteiger partial charge is 0.497 e. The molecule has 1 spiro atoms. The first-order valence-electron chi connectivity index (χ1n) is 9.14. The Morgan fingerprint density at radius 2 is 1.96 bits per heavy atom. The van der Waals surface area contributed by atoms with Crippen molar-refractivity contribution >= 4 is 35.4 Å². The second kappa shape index (κ2) is 10.2. The molecule has 2 N–H and O–H groups in total. The van der Waals surface area contributed by atoms with Gasteiger partial charge in [-0.25, -0.2) is 4.79 Å². The van der Waals surface area contributed by atoms with Crippen LogP contribution in [0.15, 0.2) is 24.3 Å². The van der Waals surface area contributed by atoms with E-state index in [1.165, 1.54) is 4.90 Å². The molecular weight excluding hydrogens is 402 g/mol. The third-order valence-electron chi connectivity index (χ3n) is 5.23. The van der Waals surface area contributed by atoms with Crippen molar-refractivity contribution in [3.8, 4) is 5.75 Å². The lowest BCUT2D eigenvalue weighted by Crippen LogP contribution is -2.58. The molecular formula is C19H28ClN3O4S. The number of thioether (sulfide) groups is 1. The summed E-state index contributed by atoms with van der Waals surface area (Å²) < 4.78 is 4.91. The highest BCUT2D eigenvalue weighted by atomic mass is 35.5. The topological polar surface area (TPSA) is 82.1 Å². The molecule has 0 saturated carbocycles. The number of likely N-dealkylation sites (N-methyl/N-ethyl adjacent to an activating group) is 1. The standard InChI is InChI=1S/C12H21N3O3S.C7H7ClO/c1-14-10(16)9(3-8-19-2)13-12(14)4-6-15(7-5-12)11(17)18;1-9-7-4-2-6(8)3-5-7/h9,13H,3-8H2,1-2H3,(H,17,18);2-5H,1H3. The number of piperidine rings is 1. The van der Waals surface area contributed by atoms with Gasteiger partial charge in [0.05, 0.1) is 18.8 Å². The number of ether oxygens (including phenoxy) is 1. The van der Waals surface area contributed by atoms with Crippen molar-refractivity contribution < 1.29 is 19.4 Å². The molecule has 1 unspecified atom stereocenters. The molecule has 2 saturated heterocycles. The summed E-state index contributed by atoms with van der Waals surface area (Å²) in [7, 11) is 3.45. The van der Waals surface area contributed by atoms with Gasteiger partial charge >= 0.3 is 6.09 Å². The highest BCUT2D eigenvalue weighted by molar-refractivity contribution is 7.98. The normalized spacial score (nSPS) is 20.7. The number of carboxylic acid groups (broad SMARTS) is 1. The number of hydrogen-bond acceptors (Lipinski definition) is 5. The Morgan fingerprint density at radius 3 is 2.46 bits per heavy atom. The molecule has 0 aromatic heterocycles. The van der Waals surface area contributed by atoms with Gasteiger partial charge in [0.2, 0.25) is 5.91 Å². The molecule has 2 amide bonds. The van der Waals surface area contributed by atoms with Gasteiger partial charge in [0, 0.05) is 38.0 Å². The Kier molecular flexibility index (Phi) is 8.27. The number of carbonyl (C=O) groups excluding carboxylic acids is 1. The number of nitrogens with zero attached hydrogens (tertiary/aromatic N) is 2. The summed E-state index contributed by atoms with van der Waals surface area (Å²) in [6.07, 6.45) is 3.31. The average molecular weight is 430 g/mol. The van der Waals surface area contributed by atoms with Gasteiger partial charge in [-0.3, -0.25) is 10.1 Å². The molecule has 156 valence electrons. The van der Waals surface area contributed by atoms with E-state index in [0.717, 1.165) is 22.9 Å². The van der Waals surface area contributed by atoms with E-state index in [4.69, 9.17) is 21.4 Å². The van der Waals surface area contributed by atoms with E-state index < -0.39 is 6.09 Å². The molecule has 2 heterocycles. The zero-order chi connectivity index (χ0) is 20.7. The number of halogens is 1. The summed E-state index contributed by atoms with van der Waals surface area (Å²) in [5.41, 5.74) is -0.341. The van der Waals surface area contributed by atoms with Gasteiger partial charge in [-0.2, -0.15) is 11.8 Å². The van der Waals surface area contributed by atoms with E-state index in [1.807, 2.05) is 25.4 Å². The maximum atomic E-state index is 12.2. The fourth-order valence-corrected chi connectivity index (χ4v) is 4.07. The van der Waals surface area contributed by atoms with Crippen LogP contribution in [0.5, 0.6) is 5.75 Å². The van der Waals surface area contributed by atoms with Crippen molar-refractivity contribution in [3.05, 3.63) is 29.3 Å². The molecule has 9 heteroatoms. The van der Waals surface area contributed by atoms with Crippen LogP contribution in [0.2, 0.25) is 5.02 Å². The number of amides is 2. The molecule has 2 aliphatic heterocycles. The van der Waals surface area contributed by atoms with Crippen LogP contribution in [-0.2, 0) is 4.79 Å². The predicted octanol–water partition coefficient (Wildman–Crippen LogP) is 2.99. The van der Waals surface area contributed by atoms with Crippen LogP contribution in [0, 0.1) is 0 Å². The first kappa shape index (κ1) is 22.6. The van der Waals surface area contributed by atoms with Crippen LogP contribution < -0.4 is 10.1 Å². The quantitative estimate of drug-likeness (QED) is 0.765. The second-order valence-electron chi connectivity index (χ2n) is 6.83. The Bertz CT molecular complexity index is 666. The monoisotopic (exact) mass is 429 g/mol. The minimum Gasteiger partial charge on any atom is -0.497 e.